The van der Waals surface area contributed by atoms with E-state index in [9.17, 15) is 4.79 Å². The van der Waals surface area contributed by atoms with Crippen molar-refractivity contribution in [3.8, 4) is 0 Å². The van der Waals surface area contributed by atoms with E-state index >= 15 is 0 Å². The monoisotopic (exact) mass is 132 g/mol. The summed E-state index contributed by atoms with van der Waals surface area (Å²) in [4.78, 5) is 9.31. The Morgan fingerprint density at radius 3 is 1.67 bits per heavy atom. The molecule has 0 aliphatic heterocycles. The second-order valence-electron chi connectivity index (χ2n) is 0.519. The van der Waals surface area contributed by atoms with Crippen molar-refractivity contribution in [2.45, 2.75) is 6.92 Å². The summed E-state index contributed by atoms with van der Waals surface area (Å²) in [6, 6.07) is 0. The van der Waals surface area contributed by atoms with Crippen LogP contribution in [0.4, 0.5) is 0 Å². The third-order valence-electron chi connectivity index (χ3n) is 0. The number of hydrogen-bond donors (Lipinski definition) is 1. The summed E-state index contributed by atoms with van der Waals surface area (Å²) in [6.07, 6.45) is 0. The molecule has 0 heterocycles. The van der Waals surface area contributed by atoms with E-state index in [2.05, 4.69) is 12.6 Å². The fraction of sp³-hybridized carbons (Fsp3) is 0.500. The second kappa shape index (κ2) is 9.79. The summed E-state index contributed by atoms with van der Waals surface area (Å²) in [6.45, 7) is 1.39. The first kappa shape index (κ1) is 15.6. The van der Waals surface area contributed by atoms with E-state index in [1.54, 1.807) is 0 Å². The van der Waals surface area contributed by atoms with Crippen LogP contribution in [0.3, 0.4) is 0 Å². The molecule has 2 nitrogen and oxygen atoms in total. The van der Waals surface area contributed by atoms with Crippen LogP contribution >= 0.6 is 12.6 Å². The van der Waals surface area contributed by atoms with Crippen LogP contribution in [0.2, 0.25) is 0 Å². The fourth-order valence-electron chi connectivity index (χ4n) is 0. The van der Waals surface area contributed by atoms with Crippen molar-refractivity contribution < 1.29 is 61.7 Å². The van der Waals surface area contributed by atoms with E-state index in [4.69, 9.17) is 0 Å². The zero-order valence-corrected chi connectivity index (χ0v) is 7.82. The quantitative estimate of drug-likeness (QED) is 0.288. The summed E-state index contributed by atoms with van der Waals surface area (Å²) >= 11 is 3.33. The molecule has 0 fully saturated rings. The van der Waals surface area contributed by atoms with Crippen molar-refractivity contribution in [3.63, 3.8) is 0 Å². The molecule has 4 heteroatoms. The minimum Gasteiger partial charge on any atom is -0.870 e. The van der Waals surface area contributed by atoms with Gasteiger partial charge in [-0.2, -0.15) is 0 Å². The first-order valence-corrected chi connectivity index (χ1v) is 1.37. The van der Waals surface area contributed by atoms with E-state index in [0.717, 1.165) is 0 Å². The predicted molar refractivity (Wildman–Crippen MR) is 21.6 cm³/mol. The van der Waals surface area contributed by atoms with Crippen molar-refractivity contribution in [3.05, 3.63) is 0 Å². The van der Waals surface area contributed by atoms with Crippen LogP contribution in [-0.4, -0.2) is 10.6 Å². The standard InChI is InChI=1S/C2H4OS.K.H2O/c1-2(3)4;;/h1H3,(H,3,4);;1H2/q;+1;/p-1. The molecule has 0 unspecified atom stereocenters. The number of hydrogen-bond acceptors (Lipinski definition) is 2. The summed E-state index contributed by atoms with van der Waals surface area (Å²) in [5.74, 6) is 0. The third-order valence-corrected chi connectivity index (χ3v) is 0. The van der Waals surface area contributed by atoms with Gasteiger partial charge in [0.25, 0.3) is 0 Å². The molecule has 0 aliphatic carbocycles. The summed E-state index contributed by atoms with van der Waals surface area (Å²) in [7, 11) is 0. The van der Waals surface area contributed by atoms with Crippen LogP contribution < -0.4 is 51.4 Å². The molecule has 0 spiro atoms. The van der Waals surface area contributed by atoms with Crippen LogP contribution in [0.1, 0.15) is 6.92 Å². The number of thiol groups is 1. The Kier molecular flexibility index (Phi) is 25.5. The van der Waals surface area contributed by atoms with Crippen LogP contribution in [0.15, 0.2) is 0 Å². The smallest absolute Gasteiger partial charge is 0.870 e. The van der Waals surface area contributed by atoms with Crippen molar-refractivity contribution in [2.75, 3.05) is 0 Å². The number of carbonyl (C=O) groups is 1. The molecule has 6 heavy (non-hydrogen) atoms. The molecule has 0 amide bonds. The van der Waals surface area contributed by atoms with Crippen LogP contribution in [0.5, 0.6) is 0 Å². The molecule has 0 aromatic heterocycles. The molecule has 0 saturated heterocycles. The Labute approximate surface area is 84.8 Å². The zero-order chi connectivity index (χ0) is 3.58. The van der Waals surface area contributed by atoms with Crippen LogP contribution in [0, 0.1) is 0 Å². The molecular weight excluding hydrogens is 127 g/mol. The summed E-state index contributed by atoms with van der Waals surface area (Å²) < 4.78 is 0. The van der Waals surface area contributed by atoms with Gasteiger partial charge in [-0.25, -0.2) is 0 Å². The maximum absolute atomic E-state index is 9.31. The molecule has 0 aromatic rings. The maximum Gasteiger partial charge on any atom is 1.00 e. The van der Waals surface area contributed by atoms with Gasteiger partial charge < -0.3 is 5.48 Å². The number of rotatable bonds is 0. The van der Waals surface area contributed by atoms with E-state index in [1.165, 1.54) is 6.92 Å². The third kappa shape index (κ3) is 45.8. The van der Waals surface area contributed by atoms with Gasteiger partial charge in [-0.05, 0) is 0 Å². The van der Waals surface area contributed by atoms with Gasteiger partial charge in [0.05, 0.1) is 0 Å². The molecule has 32 valence electrons. The Balaban J connectivity index is -0.0000000450. The van der Waals surface area contributed by atoms with E-state index in [1.807, 2.05) is 0 Å². The van der Waals surface area contributed by atoms with Crippen LogP contribution in [0.25, 0.3) is 0 Å². The summed E-state index contributed by atoms with van der Waals surface area (Å²) in [5.41, 5.74) is 0. The Bertz CT molecular complexity index is 34.5. The average molecular weight is 132 g/mol. The van der Waals surface area contributed by atoms with Gasteiger partial charge in [0, 0.05) is 6.92 Å². The normalized spacial score (nSPS) is 4.33. The van der Waals surface area contributed by atoms with E-state index < -0.39 is 0 Å². The molecule has 1 N–H and O–H groups in total. The zero-order valence-electron chi connectivity index (χ0n) is 3.80. The number of carbonyl (C=O) groups excluding carboxylic acids is 1. The van der Waals surface area contributed by atoms with Crippen molar-refractivity contribution in [1.29, 1.82) is 0 Å². The summed E-state index contributed by atoms with van der Waals surface area (Å²) in [5, 5.41) is -0.139. The van der Waals surface area contributed by atoms with Gasteiger partial charge in [-0.1, -0.05) is 0 Å². The molecule has 0 aliphatic rings. The molecule has 0 radical (unpaired) electrons. The van der Waals surface area contributed by atoms with Gasteiger partial charge >= 0.3 is 51.4 Å². The average Bonchev–Trinajstić information content (AvgIpc) is 0.811. The second-order valence-corrected chi connectivity index (χ2v) is 1.15. The van der Waals surface area contributed by atoms with Gasteiger partial charge in [0.15, 0.2) is 5.12 Å². The fourth-order valence-corrected chi connectivity index (χ4v) is 0. The molecule has 0 rings (SSSR count). The molecular formula is C2H5KO2S. The van der Waals surface area contributed by atoms with Crippen LogP contribution in [-0.2, 0) is 4.79 Å². The molecule has 0 aromatic carbocycles. The van der Waals surface area contributed by atoms with Crippen molar-refractivity contribution in [2.24, 2.45) is 0 Å². The minimum absolute atomic E-state index is 0. The largest absolute Gasteiger partial charge is 1.00 e. The minimum atomic E-state index is -0.139. The Morgan fingerprint density at radius 2 is 1.67 bits per heavy atom. The van der Waals surface area contributed by atoms with Crippen molar-refractivity contribution >= 4 is 17.7 Å². The maximum atomic E-state index is 9.31. The van der Waals surface area contributed by atoms with Crippen molar-refractivity contribution in [1.82, 2.24) is 0 Å². The van der Waals surface area contributed by atoms with Gasteiger partial charge in [0.1, 0.15) is 0 Å². The SMILES string of the molecule is CC(=O)S.[K+].[OH-]. The molecule has 0 bridgehead atoms. The topological polar surface area (TPSA) is 47.1 Å². The van der Waals surface area contributed by atoms with Gasteiger partial charge in [0.2, 0.25) is 0 Å². The van der Waals surface area contributed by atoms with E-state index in [0.29, 0.717) is 0 Å². The first-order chi connectivity index (χ1) is 1.73. The Hall–Kier alpha value is 1.62. The van der Waals surface area contributed by atoms with Gasteiger partial charge in [-0.15, -0.1) is 12.6 Å². The molecule has 0 saturated carbocycles. The molecule has 0 atom stereocenters. The van der Waals surface area contributed by atoms with Gasteiger partial charge in [-0.3, -0.25) is 4.79 Å². The predicted octanol–water partition coefficient (Wildman–Crippen LogP) is -2.71. The Morgan fingerprint density at radius 1 is 1.67 bits per heavy atom. The first-order valence-electron chi connectivity index (χ1n) is 0.928. The van der Waals surface area contributed by atoms with E-state index in [-0.39, 0.29) is 62.0 Å².